The number of rotatable bonds is 1. The van der Waals surface area contributed by atoms with Gasteiger partial charge in [-0.05, 0) is 29.8 Å². The van der Waals surface area contributed by atoms with E-state index in [-0.39, 0.29) is 0 Å². The van der Waals surface area contributed by atoms with E-state index in [0.717, 1.165) is 16.8 Å². The van der Waals surface area contributed by atoms with Crippen LogP contribution in [0.3, 0.4) is 0 Å². The van der Waals surface area contributed by atoms with Gasteiger partial charge in [0.05, 0.1) is 7.11 Å². The van der Waals surface area contributed by atoms with E-state index in [4.69, 9.17) is 4.74 Å². The number of pyridine rings is 1. The Hall–Kier alpha value is -2.09. The normalized spacial score (nSPS) is 10.9. The molecule has 17 heavy (non-hydrogen) atoms. The largest absolute Gasteiger partial charge is 0.496 e. The van der Waals surface area contributed by atoms with Crippen molar-refractivity contribution in [3.8, 4) is 5.75 Å². The van der Waals surface area contributed by atoms with Crippen LogP contribution in [-0.4, -0.2) is 12.1 Å². The lowest BCUT2D eigenvalue weighted by Gasteiger charge is -2.10. The van der Waals surface area contributed by atoms with Gasteiger partial charge in [0.15, 0.2) is 0 Å². The highest BCUT2D eigenvalue weighted by atomic mass is 16.5. The molecule has 0 bridgehead atoms. The van der Waals surface area contributed by atoms with E-state index >= 15 is 0 Å². The van der Waals surface area contributed by atoms with Gasteiger partial charge < -0.3 is 4.74 Å². The molecule has 0 spiro atoms. The summed E-state index contributed by atoms with van der Waals surface area (Å²) >= 11 is 0. The molecule has 0 unspecified atom stereocenters. The zero-order valence-corrected chi connectivity index (χ0v) is 9.90. The van der Waals surface area contributed by atoms with Gasteiger partial charge in [-0.25, -0.2) is 0 Å². The second-order valence-corrected chi connectivity index (χ2v) is 4.12. The van der Waals surface area contributed by atoms with Gasteiger partial charge in [0.1, 0.15) is 5.75 Å². The van der Waals surface area contributed by atoms with Gasteiger partial charge in [-0.15, -0.1) is 0 Å². The second-order valence-electron chi connectivity index (χ2n) is 4.12. The number of aromatic nitrogens is 1. The van der Waals surface area contributed by atoms with E-state index in [1.165, 1.54) is 16.2 Å². The summed E-state index contributed by atoms with van der Waals surface area (Å²) in [5.41, 5.74) is 1.06. The Morgan fingerprint density at radius 3 is 2.59 bits per heavy atom. The Morgan fingerprint density at radius 1 is 1.06 bits per heavy atom. The van der Waals surface area contributed by atoms with E-state index in [9.17, 15) is 0 Å². The first-order valence-electron chi connectivity index (χ1n) is 5.62. The zero-order valence-electron chi connectivity index (χ0n) is 9.90. The van der Waals surface area contributed by atoms with Gasteiger partial charge in [-0.2, -0.15) is 0 Å². The molecule has 84 valence electrons. The molecule has 1 heterocycles. The molecule has 0 atom stereocenters. The van der Waals surface area contributed by atoms with Crippen LogP contribution in [0.25, 0.3) is 21.5 Å². The van der Waals surface area contributed by atoms with Crippen molar-refractivity contribution in [3.05, 3.63) is 48.3 Å². The summed E-state index contributed by atoms with van der Waals surface area (Å²) in [5.74, 6) is 0.915. The Kier molecular flexibility index (Phi) is 2.22. The predicted molar refractivity (Wildman–Crippen MR) is 70.5 cm³/mol. The first-order chi connectivity index (χ1) is 8.31. The fourth-order valence-corrected chi connectivity index (χ4v) is 2.36. The molecule has 3 rings (SSSR count). The molecule has 0 radical (unpaired) electrons. The van der Waals surface area contributed by atoms with Crippen molar-refractivity contribution in [2.75, 3.05) is 7.11 Å². The lowest BCUT2D eigenvalue weighted by molar-refractivity contribution is 0.420. The molecule has 2 heteroatoms. The van der Waals surface area contributed by atoms with Crippen LogP contribution >= 0.6 is 0 Å². The maximum atomic E-state index is 5.46. The van der Waals surface area contributed by atoms with Crippen LogP contribution in [0.1, 0.15) is 5.69 Å². The fraction of sp³-hybridized carbons (Fsp3) is 0.133. The van der Waals surface area contributed by atoms with Crippen LogP contribution in [0.5, 0.6) is 5.75 Å². The molecular weight excluding hydrogens is 210 g/mol. The Morgan fingerprint density at radius 2 is 1.82 bits per heavy atom. The average Bonchev–Trinajstić information content (AvgIpc) is 2.37. The van der Waals surface area contributed by atoms with Crippen LogP contribution in [0.4, 0.5) is 0 Å². The van der Waals surface area contributed by atoms with Crippen molar-refractivity contribution in [3.63, 3.8) is 0 Å². The molecule has 2 nitrogen and oxygen atoms in total. The molecule has 2 aromatic carbocycles. The third-order valence-electron chi connectivity index (χ3n) is 3.14. The first-order valence-corrected chi connectivity index (χ1v) is 5.62. The molecule has 1 aromatic heterocycles. The number of benzene rings is 2. The lowest BCUT2D eigenvalue weighted by Crippen LogP contribution is -1.89. The maximum Gasteiger partial charge on any atom is 0.127 e. The third kappa shape index (κ3) is 1.45. The predicted octanol–water partition coefficient (Wildman–Crippen LogP) is 3.71. The molecule has 0 fully saturated rings. The van der Waals surface area contributed by atoms with E-state index in [2.05, 4.69) is 23.2 Å². The number of ether oxygens (including phenoxy) is 1. The fourth-order valence-electron chi connectivity index (χ4n) is 2.36. The smallest absolute Gasteiger partial charge is 0.127 e. The molecular formula is C15H13NO. The van der Waals surface area contributed by atoms with E-state index in [0.29, 0.717) is 0 Å². The minimum atomic E-state index is 0.915. The van der Waals surface area contributed by atoms with Crippen molar-refractivity contribution in [2.45, 2.75) is 6.92 Å². The van der Waals surface area contributed by atoms with Crippen LogP contribution in [-0.2, 0) is 0 Å². The van der Waals surface area contributed by atoms with Gasteiger partial charge in [-0.1, -0.05) is 24.3 Å². The van der Waals surface area contributed by atoms with Crippen LogP contribution < -0.4 is 4.74 Å². The Labute approximate surface area is 99.9 Å². The number of aryl methyl sites for hydroxylation is 1. The van der Waals surface area contributed by atoms with Crippen LogP contribution in [0, 0.1) is 6.92 Å². The Bertz CT molecular complexity index is 704. The molecule has 0 saturated heterocycles. The summed E-state index contributed by atoms with van der Waals surface area (Å²) in [7, 11) is 1.71. The van der Waals surface area contributed by atoms with E-state index in [1.54, 1.807) is 7.11 Å². The van der Waals surface area contributed by atoms with Crippen molar-refractivity contribution in [2.24, 2.45) is 0 Å². The number of methoxy groups -OCH3 is 1. The van der Waals surface area contributed by atoms with Gasteiger partial charge in [0.25, 0.3) is 0 Å². The monoisotopic (exact) mass is 223 g/mol. The molecule has 3 aromatic rings. The third-order valence-corrected chi connectivity index (χ3v) is 3.14. The highest BCUT2D eigenvalue weighted by Gasteiger charge is 2.08. The van der Waals surface area contributed by atoms with Crippen LogP contribution in [0.15, 0.2) is 42.6 Å². The number of fused-ring (bicyclic) bond motifs is 3. The number of nitrogens with zero attached hydrogens (tertiary/aromatic N) is 1. The van der Waals surface area contributed by atoms with E-state index in [1.807, 2.05) is 31.3 Å². The van der Waals surface area contributed by atoms with Crippen molar-refractivity contribution in [1.82, 2.24) is 4.98 Å². The molecule has 0 N–H and O–H groups in total. The van der Waals surface area contributed by atoms with Crippen molar-refractivity contribution in [1.29, 1.82) is 0 Å². The minimum absolute atomic E-state index is 0.915. The van der Waals surface area contributed by atoms with Gasteiger partial charge in [0.2, 0.25) is 0 Å². The minimum Gasteiger partial charge on any atom is -0.496 e. The van der Waals surface area contributed by atoms with Crippen LogP contribution in [0.2, 0.25) is 0 Å². The lowest BCUT2D eigenvalue weighted by atomic mass is 10.0. The highest BCUT2D eigenvalue weighted by molar-refractivity contribution is 6.11. The number of hydrogen-bond donors (Lipinski definition) is 0. The molecule has 0 aliphatic rings. The number of hydrogen-bond acceptors (Lipinski definition) is 2. The second kappa shape index (κ2) is 3.74. The standard InChI is InChI=1S/C15H13NO/c1-10-15-11(7-8-16-10)9-14(17-2)12-5-3-4-6-13(12)15/h3-9H,1-2H3. The highest BCUT2D eigenvalue weighted by Crippen LogP contribution is 2.33. The van der Waals surface area contributed by atoms with E-state index < -0.39 is 0 Å². The molecule has 0 saturated carbocycles. The molecule has 0 amide bonds. The summed E-state index contributed by atoms with van der Waals surface area (Å²) in [4.78, 5) is 4.37. The van der Waals surface area contributed by atoms with Gasteiger partial charge in [-0.3, -0.25) is 4.98 Å². The summed E-state index contributed by atoms with van der Waals surface area (Å²) in [6.07, 6.45) is 1.84. The average molecular weight is 223 g/mol. The van der Waals surface area contributed by atoms with Gasteiger partial charge in [0, 0.05) is 22.7 Å². The van der Waals surface area contributed by atoms with Gasteiger partial charge >= 0.3 is 0 Å². The zero-order chi connectivity index (χ0) is 11.8. The molecule has 0 aliphatic heterocycles. The summed E-state index contributed by atoms with van der Waals surface area (Å²) < 4.78 is 5.46. The maximum absolute atomic E-state index is 5.46. The SMILES string of the molecule is COc1cc2ccnc(C)c2c2ccccc12. The summed E-state index contributed by atoms with van der Waals surface area (Å²) in [5, 5.41) is 4.73. The van der Waals surface area contributed by atoms with Crippen molar-refractivity contribution >= 4 is 21.5 Å². The van der Waals surface area contributed by atoms with Crippen molar-refractivity contribution < 1.29 is 4.74 Å². The molecule has 0 aliphatic carbocycles. The summed E-state index contributed by atoms with van der Waals surface area (Å²) in [6, 6.07) is 12.4. The quantitative estimate of drug-likeness (QED) is 0.587. The summed E-state index contributed by atoms with van der Waals surface area (Å²) in [6.45, 7) is 2.04. The Balaban J connectivity index is 2.61. The topological polar surface area (TPSA) is 22.1 Å². The first kappa shape index (κ1) is 10.1.